The second-order valence-electron chi connectivity index (χ2n) is 7.77. The number of fused-ring (bicyclic) bond motifs is 1. The first-order chi connectivity index (χ1) is 14.8. The molecule has 9 heteroatoms. The van der Waals surface area contributed by atoms with E-state index in [9.17, 15) is 13.2 Å². The van der Waals surface area contributed by atoms with Crippen LogP contribution in [0.15, 0.2) is 52.2 Å². The average Bonchev–Trinajstić information content (AvgIpc) is 2.77. The molecule has 1 aliphatic rings. The van der Waals surface area contributed by atoms with Crippen molar-refractivity contribution in [3.63, 3.8) is 0 Å². The maximum absolute atomic E-state index is 13.4. The van der Waals surface area contributed by atoms with Gasteiger partial charge in [-0.25, -0.2) is 13.1 Å². The van der Waals surface area contributed by atoms with Gasteiger partial charge in [-0.15, -0.1) is 0 Å². The van der Waals surface area contributed by atoms with Gasteiger partial charge in [0.05, 0.1) is 22.6 Å². The fourth-order valence-corrected chi connectivity index (χ4v) is 5.69. The monoisotopic (exact) mass is 442 g/mol. The third-order valence-electron chi connectivity index (χ3n) is 5.78. The van der Waals surface area contributed by atoms with Crippen LogP contribution in [-0.2, 0) is 17.1 Å². The van der Waals surface area contributed by atoms with Gasteiger partial charge in [-0.1, -0.05) is 30.3 Å². The molecular formula is C22H26N4O4S. The second-order valence-corrected chi connectivity index (χ2v) is 9.68. The molecule has 0 atom stereocenters. The Bertz CT molecular complexity index is 1280. The third kappa shape index (κ3) is 4.01. The van der Waals surface area contributed by atoms with Gasteiger partial charge in [0.1, 0.15) is 0 Å². The first kappa shape index (κ1) is 21.6. The van der Waals surface area contributed by atoms with Crippen LogP contribution in [0, 0.1) is 6.92 Å². The minimum Gasteiger partial charge on any atom is -0.395 e. The lowest BCUT2D eigenvalue weighted by molar-refractivity contribution is 0.151. The number of rotatable bonds is 5. The minimum absolute atomic E-state index is 0.0639. The van der Waals surface area contributed by atoms with E-state index < -0.39 is 10.0 Å². The molecule has 1 aliphatic heterocycles. The van der Waals surface area contributed by atoms with E-state index in [1.54, 1.807) is 38.2 Å². The maximum atomic E-state index is 13.4. The van der Waals surface area contributed by atoms with Crippen LogP contribution in [0.4, 0.5) is 0 Å². The Morgan fingerprint density at radius 1 is 1.03 bits per heavy atom. The van der Waals surface area contributed by atoms with Gasteiger partial charge in [0.25, 0.3) is 5.56 Å². The standard InChI is InChI=1S/C22H26N4O4S/c1-16-7-8-17(21-18-5-3-4-6-19(18)22(28)24(2)23-21)15-20(16)31(29,30)26-11-9-25(10-12-26)13-14-27/h3-8,15,27H,9-14H2,1-2H3. The first-order valence-electron chi connectivity index (χ1n) is 10.2. The lowest BCUT2D eigenvalue weighted by atomic mass is 10.0. The van der Waals surface area contributed by atoms with Crippen molar-refractivity contribution in [1.29, 1.82) is 0 Å². The van der Waals surface area contributed by atoms with Crippen LogP contribution in [-0.4, -0.2) is 71.8 Å². The number of nitrogens with zero attached hydrogens (tertiary/aromatic N) is 4. The zero-order valence-electron chi connectivity index (χ0n) is 17.7. The molecule has 2 heterocycles. The fourth-order valence-electron chi connectivity index (χ4n) is 4.01. The van der Waals surface area contributed by atoms with Crippen molar-refractivity contribution in [2.45, 2.75) is 11.8 Å². The van der Waals surface area contributed by atoms with Gasteiger partial charge >= 0.3 is 0 Å². The summed E-state index contributed by atoms with van der Waals surface area (Å²) in [5.41, 5.74) is 1.69. The molecule has 0 radical (unpaired) electrons. The van der Waals surface area contributed by atoms with Crippen LogP contribution in [0.1, 0.15) is 5.56 Å². The second kappa shape index (κ2) is 8.51. The molecule has 2 aromatic carbocycles. The van der Waals surface area contributed by atoms with Crippen LogP contribution in [0.3, 0.4) is 0 Å². The van der Waals surface area contributed by atoms with Crippen molar-refractivity contribution in [3.8, 4) is 11.3 Å². The van der Waals surface area contributed by atoms with E-state index in [2.05, 4.69) is 10.00 Å². The summed E-state index contributed by atoms with van der Waals surface area (Å²) < 4.78 is 29.6. The van der Waals surface area contributed by atoms with E-state index in [1.165, 1.54) is 8.99 Å². The van der Waals surface area contributed by atoms with Crippen LogP contribution >= 0.6 is 0 Å². The normalized spacial score (nSPS) is 16.1. The van der Waals surface area contributed by atoms with Gasteiger partial charge in [-0.3, -0.25) is 9.69 Å². The van der Waals surface area contributed by atoms with E-state index in [0.29, 0.717) is 60.3 Å². The summed E-state index contributed by atoms with van der Waals surface area (Å²) in [6.45, 7) is 4.34. The molecular weight excluding hydrogens is 416 g/mol. The summed E-state index contributed by atoms with van der Waals surface area (Å²) in [6, 6.07) is 12.5. The zero-order valence-corrected chi connectivity index (χ0v) is 18.5. The quantitative estimate of drug-likeness (QED) is 0.638. The molecule has 31 heavy (non-hydrogen) atoms. The fraction of sp³-hybridized carbons (Fsp3) is 0.364. The number of aryl methyl sites for hydroxylation is 2. The number of β-amino-alcohol motifs (C(OH)–C–C–N with tert-alkyl or cyclic N) is 1. The summed E-state index contributed by atoms with van der Waals surface area (Å²) in [5, 5.41) is 14.8. The molecule has 0 amide bonds. The van der Waals surface area contributed by atoms with Crippen LogP contribution < -0.4 is 5.56 Å². The summed E-state index contributed by atoms with van der Waals surface area (Å²) in [6.07, 6.45) is 0. The Morgan fingerprint density at radius 2 is 1.71 bits per heavy atom. The summed E-state index contributed by atoms with van der Waals surface area (Å²) in [4.78, 5) is 14.8. The first-order valence-corrected chi connectivity index (χ1v) is 11.7. The van der Waals surface area contributed by atoms with Crippen molar-refractivity contribution < 1.29 is 13.5 Å². The number of hydrogen-bond donors (Lipinski definition) is 1. The molecule has 0 bridgehead atoms. The van der Waals surface area contributed by atoms with E-state index in [4.69, 9.17) is 5.11 Å². The number of aromatic nitrogens is 2. The van der Waals surface area contributed by atoms with Crippen LogP contribution in [0.2, 0.25) is 0 Å². The lowest BCUT2D eigenvalue weighted by Gasteiger charge is -2.33. The van der Waals surface area contributed by atoms with Gasteiger partial charge in [-0.2, -0.15) is 9.40 Å². The van der Waals surface area contributed by atoms with Gasteiger partial charge in [0.15, 0.2) is 0 Å². The molecule has 1 fully saturated rings. The molecule has 1 N–H and O–H groups in total. The van der Waals surface area contributed by atoms with E-state index in [1.807, 2.05) is 18.2 Å². The highest BCUT2D eigenvalue weighted by atomic mass is 32.2. The van der Waals surface area contributed by atoms with E-state index in [0.717, 1.165) is 0 Å². The number of aliphatic hydroxyl groups excluding tert-OH is 1. The lowest BCUT2D eigenvalue weighted by Crippen LogP contribution is -2.49. The Kier molecular flexibility index (Phi) is 5.94. The third-order valence-corrected chi connectivity index (χ3v) is 7.82. The number of sulfonamides is 1. The molecule has 0 saturated carbocycles. The predicted octanol–water partition coefficient (Wildman–Crippen LogP) is 1.21. The molecule has 1 aromatic heterocycles. The molecule has 0 unspecified atom stereocenters. The average molecular weight is 443 g/mol. The summed E-state index contributed by atoms with van der Waals surface area (Å²) in [7, 11) is -2.09. The van der Waals surface area contributed by atoms with Crippen molar-refractivity contribution in [3.05, 3.63) is 58.4 Å². The molecule has 0 aliphatic carbocycles. The Hall–Kier alpha value is -2.59. The van der Waals surface area contributed by atoms with Crippen molar-refractivity contribution in [1.82, 2.24) is 19.0 Å². The Balaban J connectivity index is 1.76. The van der Waals surface area contributed by atoms with Crippen LogP contribution in [0.5, 0.6) is 0 Å². The predicted molar refractivity (Wildman–Crippen MR) is 119 cm³/mol. The van der Waals surface area contributed by atoms with Crippen molar-refractivity contribution >= 4 is 20.8 Å². The highest BCUT2D eigenvalue weighted by Gasteiger charge is 2.30. The largest absolute Gasteiger partial charge is 0.395 e. The molecule has 164 valence electrons. The smallest absolute Gasteiger partial charge is 0.274 e. The number of piperazine rings is 1. The highest BCUT2D eigenvalue weighted by molar-refractivity contribution is 7.89. The SMILES string of the molecule is Cc1ccc(-c2nn(C)c(=O)c3ccccc23)cc1S(=O)(=O)N1CCN(CCO)CC1. The van der Waals surface area contributed by atoms with E-state index in [-0.39, 0.29) is 17.1 Å². The number of benzene rings is 2. The van der Waals surface area contributed by atoms with Crippen molar-refractivity contribution in [2.24, 2.45) is 7.05 Å². The summed E-state index contributed by atoms with van der Waals surface area (Å²) in [5.74, 6) is 0. The summed E-state index contributed by atoms with van der Waals surface area (Å²) >= 11 is 0. The van der Waals surface area contributed by atoms with Gasteiger partial charge in [-0.05, 0) is 24.6 Å². The molecule has 8 nitrogen and oxygen atoms in total. The molecule has 4 rings (SSSR count). The maximum Gasteiger partial charge on any atom is 0.274 e. The van der Waals surface area contributed by atoms with Crippen molar-refractivity contribution in [2.75, 3.05) is 39.3 Å². The zero-order chi connectivity index (χ0) is 22.2. The number of hydrogen-bond acceptors (Lipinski definition) is 6. The molecule has 0 spiro atoms. The molecule has 3 aromatic rings. The Labute approximate surface area is 181 Å². The van der Waals surface area contributed by atoms with Gasteiger partial charge in [0, 0.05) is 50.7 Å². The number of aliphatic hydroxyl groups is 1. The molecule has 1 saturated heterocycles. The highest BCUT2D eigenvalue weighted by Crippen LogP contribution is 2.30. The van der Waals surface area contributed by atoms with E-state index >= 15 is 0 Å². The minimum atomic E-state index is -3.69. The van der Waals surface area contributed by atoms with Gasteiger partial charge in [0.2, 0.25) is 10.0 Å². The van der Waals surface area contributed by atoms with Crippen LogP contribution in [0.25, 0.3) is 22.0 Å². The topological polar surface area (TPSA) is 95.7 Å². The van der Waals surface area contributed by atoms with Gasteiger partial charge < -0.3 is 5.11 Å². The Morgan fingerprint density at radius 3 is 2.39 bits per heavy atom.